The Bertz CT molecular complexity index is 1560. The van der Waals surface area contributed by atoms with Crippen LogP contribution in [0.15, 0.2) is 71.8 Å². The highest BCUT2D eigenvalue weighted by Gasteiger charge is 2.30. The van der Waals surface area contributed by atoms with Crippen LogP contribution in [0.3, 0.4) is 0 Å². The van der Waals surface area contributed by atoms with Crippen LogP contribution < -0.4 is 16.2 Å². The number of rotatable bonds is 7. The molecule has 4 rings (SSSR count). The molecule has 0 radical (unpaired) electrons. The van der Waals surface area contributed by atoms with Gasteiger partial charge in [-0.25, -0.2) is 9.78 Å². The minimum absolute atomic E-state index is 0.125. The van der Waals surface area contributed by atoms with Gasteiger partial charge in [0.25, 0.3) is 5.56 Å². The van der Waals surface area contributed by atoms with Gasteiger partial charge in [-0.15, -0.1) is 0 Å². The number of carbonyl (C=O) groups excluding carboxylic acids is 2. The van der Waals surface area contributed by atoms with Gasteiger partial charge in [0.1, 0.15) is 0 Å². The molecule has 1 aromatic heterocycles. The Kier molecular flexibility index (Phi) is 7.58. The highest BCUT2D eigenvalue weighted by Crippen LogP contribution is 2.36. The van der Waals surface area contributed by atoms with E-state index >= 15 is 0 Å². The average molecular weight is 524 g/mol. The van der Waals surface area contributed by atoms with Gasteiger partial charge in [-0.3, -0.25) is 14.2 Å². The molecule has 0 aliphatic heterocycles. The summed E-state index contributed by atoms with van der Waals surface area (Å²) in [6.45, 7) is 1.84. The second-order valence-corrected chi connectivity index (χ2v) is 8.41. The highest BCUT2D eigenvalue weighted by molar-refractivity contribution is 6.08. The molecule has 4 aromatic rings. The van der Waals surface area contributed by atoms with Crippen LogP contribution in [0.2, 0.25) is 0 Å². The molecule has 0 bridgehead atoms. The Labute approximate surface area is 215 Å². The topological polar surface area (TPSA) is 102 Å². The van der Waals surface area contributed by atoms with E-state index in [1.165, 1.54) is 55.3 Å². The summed E-state index contributed by atoms with van der Waals surface area (Å²) in [7, 11) is 1.49. The number of hydrogen-bond donors (Lipinski definition) is 2. The molecule has 38 heavy (non-hydrogen) atoms. The van der Waals surface area contributed by atoms with Gasteiger partial charge in [0, 0.05) is 23.9 Å². The van der Waals surface area contributed by atoms with Crippen LogP contribution in [0.25, 0.3) is 22.0 Å². The zero-order chi connectivity index (χ0) is 27.4. The summed E-state index contributed by atoms with van der Waals surface area (Å²) >= 11 is 0. The SMILES string of the molecule is COCCn1cnc2ccc(NC(=O)Nc3cccc(C(C)=O)c3)c(-c3ccc(C(F)(F)F)cc3)c2c1=O. The van der Waals surface area contributed by atoms with Crippen LogP contribution >= 0.6 is 0 Å². The lowest BCUT2D eigenvalue weighted by atomic mass is 9.97. The molecular formula is C27H23F3N4O4. The number of alkyl halides is 3. The number of hydrogen-bond acceptors (Lipinski definition) is 5. The maximum Gasteiger partial charge on any atom is 0.416 e. The van der Waals surface area contributed by atoms with Gasteiger partial charge in [-0.05, 0) is 48.9 Å². The number of nitrogens with zero attached hydrogens (tertiary/aromatic N) is 2. The zero-order valence-corrected chi connectivity index (χ0v) is 20.4. The van der Waals surface area contributed by atoms with Crippen molar-refractivity contribution in [2.45, 2.75) is 19.6 Å². The first-order valence-electron chi connectivity index (χ1n) is 11.5. The van der Waals surface area contributed by atoms with Crippen molar-refractivity contribution in [1.29, 1.82) is 0 Å². The van der Waals surface area contributed by atoms with Crippen molar-refractivity contribution in [3.8, 4) is 11.1 Å². The van der Waals surface area contributed by atoms with Crippen LogP contribution in [0.4, 0.5) is 29.3 Å². The molecule has 0 saturated heterocycles. The fraction of sp³-hybridized carbons (Fsp3) is 0.185. The fourth-order valence-electron chi connectivity index (χ4n) is 3.92. The van der Waals surface area contributed by atoms with E-state index in [0.29, 0.717) is 16.8 Å². The summed E-state index contributed by atoms with van der Waals surface area (Å²) in [5.41, 5.74) is 0.445. The van der Waals surface area contributed by atoms with Crippen molar-refractivity contribution in [1.82, 2.24) is 9.55 Å². The molecular weight excluding hydrogens is 501 g/mol. The Morgan fingerprint density at radius 1 is 1.03 bits per heavy atom. The lowest BCUT2D eigenvalue weighted by molar-refractivity contribution is -0.137. The number of methoxy groups -OCH3 is 1. The largest absolute Gasteiger partial charge is 0.416 e. The highest BCUT2D eigenvalue weighted by atomic mass is 19.4. The van der Waals surface area contributed by atoms with Gasteiger partial charge in [0.2, 0.25) is 0 Å². The predicted octanol–water partition coefficient (Wildman–Crippen LogP) is 5.58. The van der Waals surface area contributed by atoms with Gasteiger partial charge >= 0.3 is 12.2 Å². The number of nitrogens with one attached hydrogen (secondary N) is 2. The van der Waals surface area contributed by atoms with Crippen molar-refractivity contribution in [2.75, 3.05) is 24.4 Å². The van der Waals surface area contributed by atoms with Crippen LogP contribution in [0.1, 0.15) is 22.8 Å². The number of benzene rings is 3. The van der Waals surface area contributed by atoms with E-state index in [2.05, 4.69) is 15.6 Å². The predicted molar refractivity (Wildman–Crippen MR) is 137 cm³/mol. The number of ketones is 1. The van der Waals surface area contributed by atoms with Crippen molar-refractivity contribution < 1.29 is 27.5 Å². The molecule has 0 aliphatic carbocycles. The van der Waals surface area contributed by atoms with E-state index in [1.807, 2.05) is 0 Å². The van der Waals surface area contributed by atoms with E-state index in [0.717, 1.165) is 12.1 Å². The Morgan fingerprint density at radius 3 is 2.42 bits per heavy atom. The number of amides is 2. The van der Waals surface area contributed by atoms with Crippen molar-refractivity contribution >= 4 is 34.1 Å². The molecule has 1 heterocycles. The second-order valence-electron chi connectivity index (χ2n) is 8.41. The van der Waals surface area contributed by atoms with Gasteiger partial charge in [0.05, 0.1) is 41.6 Å². The molecule has 196 valence electrons. The van der Waals surface area contributed by atoms with Crippen LogP contribution in [-0.2, 0) is 17.5 Å². The first-order valence-corrected chi connectivity index (χ1v) is 11.5. The number of carbonyl (C=O) groups is 2. The fourth-order valence-corrected chi connectivity index (χ4v) is 3.92. The van der Waals surface area contributed by atoms with E-state index in [9.17, 15) is 27.6 Å². The summed E-state index contributed by atoms with van der Waals surface area (Å²) in [6, 6.07) is 13.0. The third-order valence-corrected chi connectivity index (χ3v) is 5.81. The summed E-state index contributed by atoms with van der Waals surface area (Å²) in [6.07, 6.45) is -3.18. The van der Waals surface area contributed by atoms with Crippen molar-refractivity contribution in [3.05, 3.63) is 88.5 Å². The third-order valence-electron chi connectivity index (χ3n) is 5.81. The Balaban J connectivity index is 1.81. The van der Waals surface area contributed by atoms with E-state index in [1.54, 1.807) is 18.2 Å². The third kappa shape index (κ3) is 5.73. The number of ether oxygens (including phenoxy) is 1. The lowest BCUT2D eigenvalue weighted by Crippen LogP contribution is -2.24. The summed E-state index contributed by atoms with van der Waals surface area (Å²) in [5, 5.41) is 5.43. The van der Waals surface area contributed by atoms with Crippen LogP contribution in [0.5, 0.6) is 0 Å². The number of fused-ring (bicyclic) bond motifs is 1. The zero-order valence-electron chi connectivity index (χ0n) is 20.4. The molecule has 2 N–H and O–H groups in total. The smallest absolute Gasteiger partial charge is 0.383 e. The Hall–Kier alpha value is -4.51. The van der Waals surface area contributed by atoms with Gasteiger partial charge in [-0.2, -0.15) is 13.2 Å². The van der Waals surface area contributed by atoms with Gasteiger partial charge in [-0.1, -0.05) is 24.3 Å². The summed E-state index contributed by atoms with van der Waals surface area (Å²) in [4.78, 5) is 42.3. The quantitative estimate of drug-likeness (QED) is 0.308. The van der Waals surface area contributed by atoms with Crippen LogP contribution in [0, 0.1) is 0 Å². The monoisotopic (exact) mass is 524 g/mol. The number of Topliss-reactive ketones (excluding diaryl/α,β-unsaturated/α-hetero) is 1. The molecule has 11 heteroatoms. The Morgan fingerprint density at radius 2 is 1.76 bits per heavy atom. The number of anilines is 2. The minimum Gasteiger partial charge on any atom is -0.383 e. The number of halogens is 3. The average Bonchev–Trinajstić information content (AvgIpc) is 2.88. The minimum atomic E-state index is -4.54. The molecule has 0 saturated carbocycles. The molecule has 0 unspecified atom stereocenters. The van der Waals surface area contributed by atoms with E-state index in [4.69, 9.17) is 4.74 Å². The first-order chi connectivity index (χ1) is 18.1. The standard InChI is InChI=1S/C27H23F3N4O4/c1-16(35)18-4-3-5-20(14-18)32-26(37)33-22-11-10-21-24(25(36)34(15-31-21)12-13-38-2)23(22)17-6-8-19(9-7-17)27(28,29)30/h3-11,14-15H,12-13H2,1-2H3,(H2,32,33,37). The van der Waals surface area contributed by atoms with Gasteiger partial charge in [0.15, 0.2) is 5.78 Å². The molecule has 0 aliphatic rings. The summed E-state index contributed by atoms with van der Waals surface area (Å²) < 4.78 is 45.9. The van der Waals surface area contributed by atoms with Gasteiger partial charge < -0.3 is 15.4 Å². The molecule has 0 fully saturated rings. The second kappa shape index (κ2) is 10.9. The van der Waals surface area contributed by atoms with E-state index in [-0.39, 0.29) is 41.1 Å². The molecule has 2 amide bonds. The number of aromatic nitrogens is 2. The molecule has 0 atom stereocenters. The lowest BCUT2D eigenvalue weighted by Gasteiger charge is -2.16. The maximum atomic E-state index is 13.4. The molecule has 8 nitrogen and oxygen atoms in total. The molecule has 0 spiro atoms. The molecule has 3 aromatic carbocycles. The van der Waals surface area contributed by atoms with Crippen molar-refractivity contribution in [3.63, 3.8) is 0 Å². The first kappa shape index (κ1) is 26.6. The van der Waals surface area contributed by atoms with Crippen molar-refractivity contribution in [2.24, 2.45) is 0 Å². The van der Waals surface area contributed by atoms with Crippen LogP contribution in [-0.4, -0.2) is 35.1 Å². The number of urea groups is 1. The normalized spacial score (nSPS) is 11.4. The summed E-state index contributed by atoms with van der Waals surface area (Å²) in [5.74, 6) is -0.176. The maximum absolute atomic E-state index is 13.4. The van der Waals surface area contributed by atoms with E-state index < -0.39 is 23.3 Å².